The summed E-state index contributed by atoms with van der Waals surface area (Å²) in [6.07, 6.45) is 9.95. The third-order valence-electron chi connectivity index (χ3n) is 5.59. The van der Waals surface area contributed by atoms with E-state index in [1.807, 2.05) is 13.0 Å². The van der Waals surface area contributed by atoms with E-state index in [2.05, 4.69) is 43.3 Å². The number of nitrogens with zero attached hydrogens (tertiary/aromatic N) is 4. The van der Waals surface area contributed by atoms with E-state index < -0.39 is 10.0 Å². The Bertz CT molecular complexity index is 1280. The zero-order chi connectivity index (χ0) is 23.4. The summed E-state index contributed by atoms with van der Waals surface area (Å²) >= 11 is 0. The average molecular weight is 468 g/mol. The van der Waals surface area contributed by atoms with Crippen molar-refractivity contribution in [3.8, 4) is 11.8 Å². The zero-order valence-electron chi connectivity index (χ0n) is 19.0. The first kappa shape index (κ1) is 23.0. The van der Waals surface area contributed by atoms with Crippen LogP contribution < -0.4 is 9.62 Å². The van der Waals surface area contributed by atoms with Crippen molar-refractivity contribution < 1.29 is 14.6 Å². The van der Waals surface area contributed by atoms with Crippen molar-refractivity contribution in [1.82, 2.24) is 15.0 Å². The van der Waals surface area contributed by atoms with Crippen molar-refractivity contribution >= 4 is 21.5 Å². The molecule has 174 valence electrons. The molecule has 1 fully saturated rings. The highest BCUT2D eigenvalue weighted by molar-refractivity contribution is 7.96. The van der Waals surface area contributed by atoms with Crippen molar-refractivity contribution in [1.29, 1.82) is 0 Å². The van der Waals surface area contributed by atoms with E-state index in [1.165, 1.54) is 0 Å². The summed E-state index contributed by atoms with van der Waals surface area (Å²) < 4.78 is 33.7. The Balaban J connectivity index is 0.00000324. The van der Waals surface area contributed by atoms with Gasteiger partial charge in [0.2, 0.25) is 0 Å². The van der Waals surface area contributed by atoms with Gasteiger partial charge < -0.3 is 9.64 Å². The molecule has 2 aliphatic rings. The van der Waals surface area contributed by atoms with Crippen molar-refractivity contribution in [3.05, 3.63) is 64.2 Å². The van der Waals surface area contributed by atoms with E-state index >= 15 is 0 Å². The molecule has 0 bridgehead atoms. The Morgan fingerprint density at radius 2 is 2.03 bits per heavy atom. The van der Waals surface area contributed by atoms with Crippen molar-refractivity contribution in [3.63, 3.8) is 0 Å². The lowest BCUT2D eigenvalue weighted by Gasteiger charge is -2.34. The highest BCUT2D eigenvalue weighted by Crippen LogP contribution is 2.24. The van der Waals surface area contributed by atoms with Gasteiger partial charge in [0.15, 0.2) is 0 Å². The predicted octanol–water partition coefficient (Wildman–Crippen LogP) is 3.33. The van der Waals surface area contributed by atoms with Gasteiger partial charge in [-0.25, -0.2) is 18.4 Å². The molecular weight excluding hydrogens is 438 g/mol. The first-order chi connectivity index (χ1) is 15.8. The van der Waals surface area contributed by atoms with Crippen LogP contribution in [0, 0.1) is 25.7 Å². The maximum atomic E-state index is 12.8. The lowest BCUT2D eigenvalue weighted by atomic mass is 10.1. The number of sulfonamides is 1. The van der Waals surface area contributed by atoms with Gasteiger partial charge in [0.25, 0.3) is 10.0 Å². The molecule has 0 aromatic carbocycles. The lowest BCUT2D eigenvalue weighted by Crippen LogP contribution is -2.44. The van der Waals surface area contributed by atoms with Crippen LogP contribution in [0.5, 0.6) is 0 Å². The van der Waals surface area contributed by atoms with Crippen LogP contribution in [0.3, 0.4) is 0 Å². The van der Waals surface area contributed by atoms with Gasteiger partial charge in [-0.3, -0.25) is 9.71 Å². The number of allylic oxidation sites excluding steroid dienone is 3. The molecule has 1 aliphatic heterocycles. The molecule has 0 saturated carbocycles. The van der Waals surface area contributed by atoms with Crippen LogP contribution >= 0.6 is 0 Å². The van der Waals surface area contributed by atoms with E-state index in [9.17, 15) is 8.42 Å². The minimum Gasteiger partial charge on any atom is -0.377 e. The summed E-state index contributed by atoms with van der Waals surface area (Å²) in [7, 11) is -3.68. The normalized spacial score (nSPS) is 18.3. The van der Waals surface area contributed by atoms with Gasteiger partial charge in [-0.1, -0.05) is 24.0 Å². The molecule has 1 N–H and O–H groups in total. The van der Waals surface area contributed by atoms with Gasteiger partial charge in [-0.05, 0) is 45.8 Å². The van der Waals surface area contributed by atoms with Crippen LogP contribution in [-0.4, -0.2) is 49.2 Å². The Labute approximate surface area is 196 Å². The van der Waals surface area contributed by atoms with E-state index in [-0.39, 0.29) is 12.4 Å². The number of nitrogens with one attached hydrogen (secondary N) is 1. The van der Waals surface area contributed by atoms with Gasteiger partial charge in [0.1, 0.15) is 12.1 Å². The molecule has 4 rings (SSSR count). The fourth-order valence-corrected chi connectivity index (χ4v) is 4.93. The molecule has 33 heavy (non-hydrogen) atoms. The maximum Gasteiger partial charge on any atom is 0.261 e. The van der Waals surface area contributed by atoms with Gasteiger partial charge in [-0.15, -0.1) is 0 Å². The summed E-state index contributed by atoms with van der Waals surface area (Å²) in [6.45, 7) is 7.75. The molecule has 2 aromatic rings. The van der Waals surface area contributed by atoms with E-state index in [4.69, 9.17) is 4.74 Å². The highest BCUT2D eigenvalue weighted by Gasteiger charge is 2.23. The zero-order valence-corrected chi connectivity index (χ0v) is 19.8. The molecule has 1 atom stereocenters. The number of pyridine rings is 1. The lowest BCUT2D eigenvalue weighted by molar-refractivity contribution is 0.0985. The number of hydrogen-bond donors (Lipinski definition) is 1. The number of anilines is 2. The molecule has 0 spiro atoms. The average Bonchev–Trinajstić information content (AvgIpc) is 2.81. The number of ether oxygens (including phenoxy) is 1. The number of aromatic nitrogens is 3. The summed E-state index contributed by atoms with van der Waals surface area (Å²) in [6, 6.07) is 1.88. The third kappa shape index (κ3) is 5.24. The van der Waals surface area contributed by atoms with Crippen molar-refractivity contribution in [2.75, 3.05) is 29.4 Å². The summed E-state index contributed by atoms with van der Waals surface area (Å²) in [5, 5.41) is 0. The summed E-state index contributed by atoms with van der Waals surface area (Å²) in [5.74, 6) is 7.09. The molecule has 0 amide bonds. The fraction of sp³-hybridized carbons (Fsp3) is 0.375. The second-order valence-corrected chi connectivity index (χ2v) is 9.76. The van der Waals surface area contributed by atoms with Crippen molar-refractivity contribution in [2.24, 2.45) is 0 Å². The summed E-state index contributed by atoms with van der Waals surface area (Å²) in [5.41, 5.74) is 3.10. The van der Waals surface area contributed by atoms with Crippen molar-refractivity contribution in [2.45, 2.75) is 39.7 Å². The third-order valence-corrected chi connectivity index (χ3v) is 7.00. The fourth-order valence-electron chi connectivity index (χ4n) is 3.70. The summed E-state index contributed by atoms with van der Waals surface area (Å²) in [4.78, 5) is 15.6. The highest BCUT2D eigenvalue weighted by atomic mass is 32.2. The Morgan fingerprint density at radius 1 is 1.18 bits per heavy atom. The number of rotatable bonds is 4. The van der Waals surface area contributed by atoms with Gasteiger partial charge in [0, 0.05) is 19.7 Å². The molecule has 9 heteroatoms. The molecule has 0 unspecified atom stereocenters. The molecule has 1 saturated heterocycles. The molecule has 3 heterocycles. The van der Waals surface area contributed by atoms with Crippen LogP contribution in [0.4, 0.5) is 11.5 Å². The van der Waals surface area contributed by atoms with Crippen LogP contribution in [0.15, 0.2) is 41.7 Å². The van der Waals surface area contributed by atoms with Gasteiger partial charge in [-0.2, -0.15) is 0 Å². The maximum absolute atomic E-state index is 12.8. The smallest absolute Gasteiger partial charge is 0.261 e. The molecular formula is C24H29N5O3S. The number of morpholine rings is 1. The predicted molar refractivity (Wildman–Crippen MR) is 130 cm³/mol. The SMILES string of the molecule is Cc1ncc(C#Cc2c(C)ncnc2N2CCOC[C@H]2C)cc1NS(=O)(=O)C1=CCCC=C1.[HH]. The quantitative estimate of drug-likeness (QED) is 0.689. The topological polar surface area (TPSA) is 97.3 Å². The second-order valence-electron chi connectivity index (χ2n) is 8.07. The molecule has 2 aromatic heterocycles. The minimum atomic E-state index is -3.68. The van der Waals surface area contributed by atoms with Crippen LogP contribution in [-0.2, 0) is 14.8 Å². The Morgan fingerprint density at radius 3 is 2.79 bits per heavy atom. The minimum absolute atomic E-state index is 0. The number of hydrogen-bond acceptors (Lipinski definition) is 7. The van der Waals surface area contributed by atoms with Gasteiger partial charge >= 0.3 is 0 Å². The van der Waals surface area contributed by atoms with Crippen LogP contribution in [0.1, 0.15) is 43.7 Å². The molecule has 1 aliphatic carbocycles. The van der Waals surface area contributed by atoms with E-state index in [0.29, 0.717) is 36.6 Å². The van der Waals surface area contributed by atoms with E-state index in [1.54, 1.807) is 37.7 Å². The van der Waals surface area contributed by atoms with Gasteiger partial charge in [0.05, 0.1) is 46.8 Å². The first-order valence-electron chi connectivity index (χ1n) is 10.9. The monoisotopic (exact) mass is 467 g/mol. The largest absolute Gasteiger partial charge is 0.377 e. The Kier molecular flexibility index (Phi) is 6.77. The van der Waals surface area contributed by atoms with Crippen LogP contribution in [0.2, 0.25) is 0 Å². The standard InChI is InChI=1S/C24H27N5O3S.H2/c1-17-15-32-12-11-29(17)24-22(18(2)26-16-27-24)10-9-20-13-23(19(3)25-14-20)28-33(30,31)21-7-5-4-6-8-21;/h5,7-8,13-14,16-17,28H,4,6,11-12,15H2,1-3H3;1H/t17-;/m1./s1. The second kappa shape index (κ2) is 9.73. The number of aryl methyl sites for hydroxylation is 2. The van der Waals surface area contributed by atoms with Crippen LogP contribution in [0.25, 0.3) is 0 Å². The molecule has 0 radical (unpaired) electrons. The van der Waals surface area contributed by atoms with E-state index in [0.717, 1.165) is 30.0 Å². The first-order valence-corrected chi connectivity index (χ1v) is 12.4. The Hall–Kier alpha value is -3.22. The molecule has 8 nitrogen and oxygen atoms in total.